The molecular formula is C10H14ClN3. The number of nitrogen functional groups attached to an aromatic ring is 1. The predicted octanol–water partition coefficient (Wildman–Crippen LogP) is 2.39. The summed E-state index contributed by atoms with van der Waals surface area (Å²) in [5.74, 6) is 2.36. The quantitative estimate of drug-likeness (QED) is 0.807. The molecule has 0 bridgehead atoms. The lowest BCUT2D eigenvalue weighted by Crippen LogP contribution is -2.06. The van der Waals surface area contributed by atoms with E-state index in [4.69, 9.17) is 17.3 Å². The predicted molar refractivity (Wildman–Crippen MR) is 59.4 cm³/mol. The van der Waals surface area contributed by atoms with E-state index in [1.54, 1.807) is 12.3 Å². The minimum atomic E-state index is 0.596. The lowest BCUT2D eigenvalue weighted by atomic mass is 10.3. The third-order valence-electron chi connectivity index (χ3n) is 2.67. The summed E-state index contributed by atoms with van der Waals surface area (Å²) in [4.78, 5) is 4.13. The number of aromatic nitrogens is 1. The number of nitrogens with zero attached hydrogens (tertiary/aromatic N) is 1. The molecule has 3 nitrogen and oxygen atoms in total. The highest BCUT2D eigenvalue weighted by Gasteiger charge is 2.32. The SMILES string of the molecule is CC1CC1CNc1ncc(N)cc1Cl. The third kappa shape index (κ3) is 2.10. The second-order valence-corrected chi connectivity index (χ2v) is 4.36. The van der Waals surface area contributed by atoms with Crippen LogP contribution < -0.4 is 11.1 Å². The number of pyridine rings is 1. The van der Waals surface area contributed by atoms with Crippen molar-refractivity contribution >= 4 is 23.1 Å². The van der Waals surface area contributed by atoms with Crippen LogP contribution in [-0.2, 0) is 0 Å². The highest BCUT2D eigenvalue weighted by atomic mass is 35.5. The van der Waals surface area contributed by atoms with Crippen molar-refractivity contribution in [3.8, 4) is 0 Å². The molecule has 76 valence electrons. The molecule has 2 unspecified atom stereocenters. The van der Waals surface area contributed by atoms with Gasteiger partial charge in [-0.05, 0) is 24.3 Å². The van der Waals surface area contributed by atoms with Crippen LogP contribution in [-0.4, -0.2) is 11.5 Å². The van der Waals surface area contributed by atoms with E-state index in [9.17, 15) is 0 Å². The van der Waals surface area contributed by atoms with Gasteiger partial charge in [-0.1, -0.05) is 18.5 Å². The van der Waals surface area contributed by atoms with Crippen molar-refractivity contribution in [2.24, 2.45) is 11.8 Å². The molecule has 1 fully saturated rings. The molecule has 0 spiro atoms. The highest BCUT2D eigenvalue weighted by Crippen LogP contribution is 2.37. The van der Waals surface area contributed by atoms with Gasteiger partial charge in [-0.2, -0.15) is 0 Å². The summed E-state index contributed by atoms with van der Waals surface area (Å²) >= 11 is 5.96. The summed E-state index contributed by atoms with van der Waals surface area (Å²) < 4.78 is 0. The fourth-order valence-corrected chi connectivity index (χ4v) is 1.74. The molecule has 0 saturated heterocycles. The molecule has 1 aliphatic carbocycles. The van der Waals surface area contributed by atoms with E-state index in [1.807, 2.05) is 0 Å². The summed E-state index contributed by atoms with van der Waals surface area (Å²) in [6, 6.07) is 1.72. The Morgan fingerprint density at radius 3 is 3.00 bits per heavy atom. The Morgan fingerprint density at radius 1 is 1.71 bits per heavy atom. The topological polar surface area (TPSA) is 50.9 Å². The number of hydrogen-bond donors (Lipinski definition) is 2. The van der Waals surface area contributed by atoms with E-state index in [1.165, 1.54) is 6.42 Å². The lowest BCUT2D eigenvalue weighted by Gasteiger charge is -2.06. The zero-order chi connectivity index (χ0) is 10.1. The highest BCUT2D eigenvalue weighted by molar-refractivity contribution is 6.33. The minimum absolute atomic E-state index is 0.596. The molecule has 0 aromatic carbocycles. The number of anilines is 2. The Kier molecular flexibility index (Phi) is 2.50. The molecule has 14 heavy (non-hydrogen) atoms. The zero-order valence-corrected chi connectivity index (χ0v) is 8.88. The largest absolute Gasteiger partial charge is 0.397 e. The smallest absolute Gasteiger partial charge is 0.144 e. The van der Waals surface area contributed by atoms with Gasteiger partial charge in [-0.25, -0.2) is 4.98 Å². The van der Waals surface area contributed by atoms with E-state index in [0.717, 1.165) is 24.2 Å². The van der Waals surface area contributed by atoms with E-state index >= 15 is 0 Å². The molecule has 1 aromatic rings. The Bertz CT molecular complexity index is 340. The van der Waals surface area contributed by atoms with Crippen molar-refractivity contribution in [2.75, 3.05) is 17.6 Å². The number of nitrogens with two attached hydrogens (primary N) is 1. The summed E-state index contributed by atoms with van der Waals surface area (Å²) in [6.45, 7) is 3.21. The van der Waals surface area contributed by atoms with Gasteiger partial charge in [0.25, 0.3) is 0 Å². The molecule has 1 aromatic heterocycles. The number of halogens is 1. The maximum absolute atomic E-state index is 5.96. The molecule has 3 N–H and O–H groups in total. The average Bonchev–Trinajstić information content (AvgIpc) is 2.80. The molecule has 1 aliphatic rings. The van der Waals surface area contributed by atoms with Gasteiger partial charge in [0.15, 0.2) is 0 Å². The number of nitrogens with one attached hydrogen (secondary N) is 1. The number of rotatable bonds is 3. The van der Waals surface area contributed by atoms with Crippen molar-refractivity contribution in [3.63, 3.8) is 0 Å². The molecule has 1 heterocycles. The molecule has 2 atom stereocenters. The molecule has 0 radical (unpaired) electrons. The van der Waals surface area contributed by atoms with Gasteiger partial charge >= 0.3 is 0 Å². The minimum Gasteiger partial charge on any atom is -0.397 e. The number of hydrogen-bond acceptors (Lipinski definition) is 3. The van der Waals surface area contributed by atoms with Gasteiger partial charge in [0, 0.05) is 6.54 Å². The average molecular weight is 212 g/mol. The van der Waals surface area contributed by atoms with Gasteiger partial charge in [0.2, 0.25) is 0 Å². The van der Waals surface area contributed by atoms with E-state index in [-0.39, 0.29) is 0 Å². The van der Waals surface area contributed by atoms with Crippen LogP contribution in [0.15, 0.2) is 12.3 Å². The molecular weight excluding hydrogens is 198 g/mol. The zero-order valence-electron chi connectivity index (χ0n) is 8.13. The van der Waals surface area contributed by atoms with E-state index < -0.39 is 0 Å². The van der Waals surface area contributed by atoms with Crippen molar-refractivity contribution in [1.82, 2.24) is 4.98 Å². The standard InChI is InChI=1S/C10H14ClN3/c1-6-2-7(6)4-13-10-9(11)3-8(12)5-14-10/h3,5-7H,2,4,12H2,1H3,(H,13,14). The van der Waals surface area contributed by atoms with Crippen LogP contribution in [0.2, 0.25) is 5.02 Å². The van der Waals surface area contributed by atoms with E-state index in [2.05, 4.69) is 17.2 Å². The molecule has 0 amide bonds. The Hall–Kier alpha value is -0.960. The van der Waals surface area contributed by atoms with Crippen molar-refractivity contribution in [3.05, 3.63) is 17.3 Å². The summed E-state index contributed by atoms with van der Waals surface area (Å²) in [5.41, 5.74) is 6.14. The first-order valence-corrected chi connectivity index (χ1v) is 5.19. The van der Waals surface area contributed by atoms with Crippen LogP contribution in [0.4, 0.5) is 11.5 Å². The Morgan fingerprint density at radius 2 is 2.43 bits per heavy atom. The first kappa shape index (κ1) is 9.59. The van der Waals surface area contributed by atoms with Crippen LogP contribution in [0.5, 0.6) is 0 Å². The van der Waals surface area contributed by atoms with Crippen LogP contribution >= 0.6 is 11.6 Å². The van der Waals surface area contributed by atoms with Crippen LogP contribution in [0, 0.1) is 11.8 Å². The van der Waals surface area contributed by atoms with Crippen LogP contribution in [0.1, 0.15) is 13.3 Å². The third-order valence-corrected chi connectivity index (χ3v) is 2.96. The summed E-state index contributed by atoms with van der Waals surface area (Å²) in [6.07, 6.45) is 2.92. The van der Waals surface area contributed by atoms with Crippen LogP contribution in [0.3, 0.4) is 0 Å². The van der Waals surface area contributed by atoms with E-state index in [0.29, 0.717) is 10.7 Å². The van der Waals surface area contributed by atoms with Crippen molar-refractivity contribution in [1.29, 1.82) is 0 Å². The first-order valence-electron chi connectivity index (χ1n) is 4.81. The first-order chi connectivity index (χ1) is 6.66. The van der Waals surface area contributed by atoms with Crippen LogP contribution in [0.25, 0.3) is 0 Å². The Labute approximate surface area is 88.7 Å². The second kappa shape index (κ2) is 3.65. The normalized spacial score (nSPS) is 24.7. The summed E-state index contributed by atoms with van der Waals surface area (Å²) in [7, 11) is 0. The second-order valence-electron chi connectivity index (χ2n) is 3.95. The lowest BCUT2D eigenvalue weighted by molar-refractivity contribution is 0.784. The maximum atomic E-state index is 5.96. The monoisotopic (exact) mass is 211 g/mol. The van der Waals surface area contributed by atoms with Gasteiger partial charge in [-0.15, -0.1) is 0 Å². The maximum Gasteiger partial charge on any atom is 0.144 e. The fourth-order valence-electron chi connectivity index (χ4n) is 1.49. The van der Waals surface area contributed by atoms with Crippen molar-refractivity contribution < 1.29 is 0 Å². The van der Waals surface area contributed by atoms with Gasteiger partial charge in [0.1, 0.15) is 5.82 Å². The molecule has 2 rings (SSSR count). The molecule has 4 heteroatoms. The van der Waals surface area contributed by atoms with Gasteiger partial charge in [-0.3, -0.25) is 0 Å². The van der Waals surface area contributed by atoms with Crippen molar-refractivity contribution in [2.45, 2.75) is 13.3 Å². The molecule has 1 saturated carbocycles. The summed E-state index contributed by atoms with van der Waals surface area (Å²) in [5, 5.41) is 3.83. The van der Waals surface area contributed by atoms with Gasteiger partial charge in [0.05, 0.1) is 16.9 Å². The van der Waals surface area contributed by atoms with Gasteiger partial charge < -0.3 is 11.1 Å². The molecule has 0 aliphatic heterocycles. The fraction of sp³-hybridized carbons (Fsp3) is 0.500. The Balaban J connectivity index is 1.95.